The molecule has 0 amide bonds. The Balaban J connectivity index is 1.96. The molecule has 0 spiro atoms. The highest BCUT2D eigenvalue weighted by Crippen LogP contribution is 2.25. The number of thiophene rings is 1. The normalized spacial score (nSPS) is 13.9. The van der Waals surface area contributed by atoms with Crippen molar-refractivity contribution in [1.29, 1.82) is 0 Å². The van der Waals surface area contributed by atoms with Crippen molar-refractivity contribution < 1.29 is 14.9 Å². The number of rotatable bonds is 6. The molecule has 1 aromatic heterocycles. The minimum absolute atomic E-state index is 0.217. The highest BCUT2D eigenvalue weighted by atomic mass is 32.1. The first-order chi connectivity index (χ1) is 9.53. The van der Waals surface area contributed by atoms with Crippen molar-refractivity contribution in [3.63, 3.8) is 0 Å². The zero-order chi connectivity index (χ0) is 14.6. The van der Waals surface area contributed by atoms with Gasteiger partial charge in [-0.25, -0.2) is 0 Å². The Labute approximate surface area is 122 Å². The summed E-state index contributed by atoms with van der Waals surface area (Å²) in [6, 6.07) is 8.92. The maximum Gasteiger partial charge on any atom is 0.120 e. The number of aliphatic hydroxyl groups is 1. The van der Waals surface area contributed by atoms with E-state index in [9.17, 15) is 10.2 Å². The Bertz CT molecular complexity index is 552. The van der Waals surface area contributed by atoms with Gasteiger partial charge in [0.2, 0.25) is 0 Å². The number of phenolic OH excluding ortho intramolecular Hbond substituents is 1. The summed E-state index contributed by atoms with van der Waals surface area (Å²) in [5.41, 5.74) is -0.172. The Morgan fingerprint density at radius 1 is 1.35 bits per heavy atom. The molecule has 5 heteroatoms. The maximum absolute atomic E-state index is 10.4. The molecule has 1 atom stereocenters. The van der Waals surface area contributed by atoms with E-state index in [4.69, 9.17) is 4.74 Å². The fourth-order valence-electron chi connectivity index (χ4n) is 1.94. The van der Waals surface area contributed by atoms with Gasteiger partial charge in [0.25, 0.3) is 0 Å². The van der Waals surface area contributed by atoms with Gasteiger partial charge < -0.3 is 20.3 Å². The van der Waals surface area contributed by atoms with Gasteiger partial charge in [-0.05, 0) is 36.6 Å². The largest absolute Gasteiger partial charge is 0.508 e. The monoisotopic (exact) mass is 293 g/mol. The second kappa shape index (κ2) is 6.26. The van der Waals surface area contributed by atoms with E-state index in [2.05, 4.69) is 5.32 Å². The predicted molar refractivity (Wildman–Crippen MR) is 80.3 cm³/mol. The van der Waals surface area contributed by atoms with Crippen molar-refractivity contribution in [2.75, 3.05) is 13.7 Å². The maximum atomic E-state index is 10.4. The molecule has 0 radical (unpaired) electrons. The number of ether oxygens (including phenoxy) is 1. The van der Waals surface area contributed by atoms with Crippen LogP contribution in [0.1, 0.15) is 17.4 Å². The zero-order valence-corrected chi connectivity index (χ0v) is 12.4. The number of nitrogens with one attached hydrogen (secondary N) is 1. The summed E-state index contributed by atoms with van der Waals surface area (Å²) in [7, 11) is 1.59. The van der Waals surface area contributed by atoms with Crippen LogP contribution in [0.4, 0.5) is 0 Å². The smallest absolute Gasteiger partial charge is 0.120 e. The number of hydrogen-bond donors (Lipinski definition) is 3. The van der Waals surface area contributed by atoms with Gasteiger partial charge >= 0.3 is 0 Å². The van der Waals surface area contributed by atoms with Gasteiger partial charge in [-0.2, -0.15) is 0 Å². The van der Waals surface area contributed by atoms with Gasteiger partial charge in [0.05, 0.1) is 7.11 Å². The fourth-order valence-corrected chi connectivity index (χ4v) is 2.73. The molecule has 0 saturated heterocycles. The summed E-state index contributed by atoms with van der Waals surface area (Å²) >= 11 is 1.53. The molecule has 0 aliphatic carbocycles. The molecule has 0 bridgehead atoms. The third-order valence-corrected chi connectivity index (χ3v) is 4.25. The van der Waals surface area contributed by atoms with Crippen LogP contribution in [0, 0.1) is 0 Å². The van der Waals surface area contributed by atoms with Crippen LogP contribution in [0.25, 0.3) is 0 Å². The fraction of sp³-hybridized carbons (Fsp3) is 0.333. The van der Waals surface area contributed by atoms with E-state index < -0.39 is 5.60 Å². The summed E-state index contributed by atoms with van der Waals surface area (Å²) in [5.74, 6) is 0.915. The van der Waals surface area contributed by atoms with E-state index in [-0.39, 0.29) is 5.75 Å². The third-order valence-electron chi connectivity index (χ3n) is 3.12. The average molecular weight is 293 g/mol. The lowest BCUT2D eigenvalue weighted by Crippen LogP contribution is -2.34. The zero-order valence-electron chi connectivity index (χ0n) is 11.6. The van der Waals surface area contributed by atoms with Crippen molar-refractivity contribution in [2.24, 2.45) is 0 Å². The quantitative estimate of drug-likeness (QED) is 0.765. The van der Waals surface area contributed by atoms with Gasteiger partial charge in [-0.15, -0.1) is 11.3 Å². The highest BCUT2D eigenvalue weighted by molar-refractivity contribution is 7.10. The lowest BCUT2D eigenvalue weighted by atomic mass is 10.1. The number of benzene rings is 1. The summed E-state index contributed by atoms with van der Waals surface area (Å²) in [6.07, 6.45) is 0. The molecule has 1 unspecified atom stereocenters. The van der Waals surface area contributed by atoms with Crippen LogP contribution >= 0.6 is 11.3 Å². The van der Waals surface area contributed by atoms with Crippen molar-refractivity contribution in [3.8, 4) is 11.5 Å². The predicted octanol–water partition coefficient (Wildman–Crippen LogP) is 2.46. The molecule has 0 saturated carbocycles. The van der Waals surface area contributed by atoms with Gasteiger partial charge in [-0.3, -0.25) is 0 Å². The summed E-state index contributed by atoms with van der Waals surface area (Å²) in [4.78, 5) is 0.917. The first-order valence-corrected chi connectivity index (χ1v) is 7.24. The molecule has 3 N–H and O–H groups in total. The van der Waals surface area contributed by atoms with Crippen molar-refractivity contribution >= 4 is 11.3 Å². The molecule has 20 heavy (non-hydrogen) atoms. The average Bonchev–Trinajstić information content (AvgIpc) is 2.95. The number of aromatic hydroxyl groups is 1. The van der Waals surface area contributed by atoms with Crippen LogP contribution in [0.3, 0.4) is 0 Å². The van der Waals surface area contributed by atoms with Crippen LogP contribution in [0.15, 0.2) is 35.7 Å². The van der Waals surface area contributed by atoms with Gasteiger partial charge in [0.1, 0.15) is 17.1 Å². The highest BCUT2D eigenvalue weighted by Gasteiger charge is 2.23. The van der Waals surface area contributed by atoms with Crippen LogP contribution < -0.4 is 10.1 Å². The lowest BCUT2D eigenvalue weighted by molar-refractivity contribution is 0.0604. The first-order valence-electron chi connectivity index (χ1n) is 6.36. The topological polar surface area (TPSA) is 61.7 Å². The van der Waals surface area contributed by atoms with E-state index in [0.29, 0.717) is 18.8 Å². The molecule has 1 aromatic carbocycles. The Kier molecular flexibility index (Phi) is 4.65. The Hall–Kier alpha value is -1.56. The van der Waals surface area contributed by atoms with Crippen LogP contribution in [0.2, 0.25) is 0 Å². The van der Waals surface area contributed by atoms with E-state index in [1.54, 1.807) is 32.2 Å². The first kappa shape index (κ1) is 14.8. The van der Waals surface area contributed by atoms with Crippen molar-refractivity contribution in [2.45, 2.75) is 19.1 Å². The van der Waals surface area contributed by atoms with E-state index >= 15 is 0 Å². The SMILES string of the molecule is COc1ccc(O)c(CNCC(C)(O)c2cccs2)c1. The van der Waals surface area contributed by atoms with E-state index in [1.165, 1.54) is 11.3 Å². The molecule has 0 aliphatic heterocycles. The van der Waals surface area contributed by atoms with E-state index in [1.807, 2.05) is 17.5 Å². The molecule has 1 heterocycles. The molecule has 4 nitrogen and oxygen atoms in total. The molecule has 2 rings (SSSR count). The Morgan fingerprint density at radius 2 is 2.15 bits per heavy atom. The molecule has 2 aromatic rings. The molecule has 0 fully saturated rings. The van der Waals surface area contributed by atoms with Gasteiger partial charge in [-0.1, -0.05) is 6.07 Å². The Morgan fingerprint density at radius 3 is 2.80 bits per heavy atom. The summed E-state index contributed by atoms with van der Waals surface area (Å²) < 4.78 is 5.13. The summed E-state index contributed by atoms with van der Waals surface area (Å²) in [6.45, 7) is 2.64. The molecule has 108 valence electrons. The molecular formula is C15H19NO3S. The van der Waals surface area contributed by atoms with Gasteiger partial charge in [0.15, 0.2) is 0 Å². The third kappa shape index (κ3) is 3.50. The number of phenols is 1. The van der Waals surface area contributed by atoms with Crippen LogP contribution in [0.5, 0.6) is 11.5 Å². The van der Waals surface area contributed by atoms with Crippen molar-refractivity contribution in [3.05, 3.63) is 46.2 Å². The van der Waals surface area contributed by atoms with Gasteiger partial charge in [0, 0.05) is 23.5 Å². The molecule has 0 aliphatic rings. The number of hydrogen-bond acceptors (Lipinski definition) is 5. The minimum Gasteiger partial charge on any atom is -0.508 e. The van der Waals surface area contributed by atoms with E-state index in [0.717, 1.165) is 10.4 Å². The standard InChI is InChI=1S/C15H19NO3S/c1-15(18,14-4-3-7-20-14)10-16-9-11-8-12(19-2)5-6-13(11)17/h3-8,16-18H,9-10H2,1-2H3. The summed E-state index contributed by atoms with van der Waals surface area (Å²) in [5, 5.41) is 25.3. The van der Waals surface area contributed by atoms with Crippen LogP contribution in [-0.4, -0.2) is 23.9 Å². The van der Waals surface area contributed by atoms with Crippen molar-refractivity contribution in [1.82, 2.24) is 5.32 Å². The number of methoxy groups -OCH3 is 1. The molecular weight excluding hydrogens is 274 g/mol. The minimum atomic E-state index is -0.914. The van der Waals surface area contributed by atoms with Crippen LogP contribution in [-0.2, 0) is 12.1 Å². The lowest BCUT2D eigenvalue weighted by Gasteiger charge is -2.22. The second-order valence-corrected chi connectivity index (χ2v) is 5.80. The second-order valence-electron chi connectivity index (χ2n) is 4.85.